The van der Waals surface area contributed by atoms with Gasteiger partial charge in [-0.1, -0.05) is 24.3 Å². The molecule has 0 atom stereocenters. The quantitative estimate of drug-likeness (QED) is 0.448. The Morgan fingerprint density at radius 1 is 0.682 bits per heavy atom. The molecular formula is C20H10S2. The number of thiophene rings is 2. The predicted molar refractivity (Wildman–Crippen MR) is 97.9 cm³/mol. The van der Waals surface area contributed by atoms with E-state index < -0.39 is 0 Å². The van der Waals surface area contributed by atoms with Gasteiger partial charge in [-0.05, 0) is 67.7 Å². The monoisotopic (exact) mass is 314 g/mol. The summed E-state index contributed by atoms with van der Waals surface area (Å²) >= 11 is 3.69. The van der Waals surface area contributed by atoms with Crippen molar-refractivity contribution in [2.75, 3.05) is 0 Å². The van der Waals surface area contributed by atoms with E-state index in [2.05, 4.69) is 59.3 Å². The minimum absolute atomic E-state index is 1.36. The lowest BCUT2D eigenvalue weighted by molar-refractivity contribution is 1.59. The molecule has 0 saturated heterocycles. The van der Waals surface area contributed by atoms with Crippen LogP contribution in [0.3, 0.4) is 0 Å². The van der Waals surface area contributed by atoms with Crippen LogP contribution in [-0.4, -0.2) is 0 Å². The standard InChI is InChI=1S/C20H10S2/c1-3-14-16(19-11(1)5-7-21-19)9-13-10-17-15(18(13)14)4-2-12-6-8-22-20(12)17/h1-10H. The zero-order valence-electron chi connectivity index (χ0n) is 11.6. The average Bonchev–Trinajstić information content (AvgIpc) is 3.27. The van der Waals surface area contributed by atoms with Crippen LogP contribution in [-0.2, 0) is 0 Å². The third-order valence-corrected chi connectivity index (χ3v) is 6.67. The summed E-state index contributed by atoms with van der Waals surface area (Å²) < 4.78 is 2.83. The highest BCUT2D eigenvalue weighted by Crippen LogP contribution is 2.41. The second-order valence-corrected chi connectivity index (χ2v) is 7.68. The van der Waals surface area contributed by atoms with E-state index in [1.165, 1.54) is 52.9 Å². The van der Waals surface area contributed by atoms with Crippen LogP contribution in [0.15, 0.2) is 52.7 Å². The van der Waals surface area contributed by atoms with Crippen molar-refractivity contribution in [1.82, 2.24) is 0 Å². The van der Waals surface area contributed by atoms with Gasteiger partial charge in [0, 0.05) is 20.2 Å². The second-order valence-electron chi connectivity index (χ2n) is 5.85. The number of hydrogen-bond donors (Lipinski definition) is 0. The van der Waals surface area contributed by atoms with Gasteiger partial charge in [-0.25, -0.2) is 0 Å². The van der Waals surface area contributed by atoms with Crippen molar-refractivity contribution in [1.29, 1.82) is 0 Å². The van der Waals surface area contributed by atoms with Crippen LogP contribution < -0.4 is 10.4 Å². The van der Waals surface area contributed by atoms with E-state index in [0.29, 0.717) is 0 Å². The molecule has 0 aliphatic heterocycles. The third kappa shape index (κ3) is 1.24. The normalized spacial score (nSPS) is 14.9. The van der Waals surface area contributed by atoms with Gasteiger partial charge in [-0.15, -0.1) is 22.7 Å². The van der Waals surface area contributed by atoms with Crippen LogP contribution in [0.1, 0.15) is 11.1 Å². The highest BCUT2D eigenvalue weighted by molar-refractivity contribution is 7.17. The summed E-state index contributed by atoms with van der Waals surface area (Å²) in [7, 11) is 0. The first kappa shape index (κ1) is 11.4. The molecule has 102 valence electrons. The van der Waals surface area contributed by atoms with Gasteiger partial charge in [0.15, 0.2) is 0 Å². The summed E-state index contributed by atoms with van der Waals surface area (Å²) in [5.74, 6) is 0. The van der Waals surface area contributed by atoms with Gasteiger partial charge >= 0.3 is 0 Å². The lowest BCUT2D eigenvalue weighted by Gasteiger charge is -2.03. The SMILES string of the molecule is C1=C2C=c3c(ccc4ccsc34)=C2c2ccc3ccsc3c21. The minimum Gasteiger partial charge on any atom is -0.143 e. The molecule has 2 heteroatoms. The summed E-state index contributed by atoms with van der Waals surface area (Å²) in [6.07, 6.45) is 4.76. The van der Waals surface area contributed by atoms with E-state index in [-0.39, 0.29) is 0 Å². The average molecular weight is 314 g/mol. The van der Waals surface area contributed by atoms with Crippen molar-refractivity contribution in [2.24, 2.45) is 0 Å². The zero-order chi connectivity index (χ0) is 14.3. The Balaban J connectivity index is 1.83. The number of hydrogen-bond acceptors (Lipinski definition) is 2. The molecular weight excluding hydrogens is 304 g/mol. The third-order valence-electron chi connectivity index (χ3n) is 4.75. The maximum absolute atomic E-state index is 2.38. The van der Waals surface area contributed by atoms with E-state index >= 15 is 0 Å². The van der Waals surface area contributed by atoms with E-state index in [1.807, 2.05) is 22.7 Å². The Bertz CT molecular complexity index is 1260. The highest BCUT2D eigenvalue weighted by atomic mass is 32.1. The molecule has 0 unspecified atom stereocenters. The molecule has 0 amide bonds. The molecule has 0 spiro atoms. The minimum atomic E-state index is 1.36. The zero-order valence-corrected chi connectivity index (χ0v) is 13.2. The molecule has 6 rings (SSSR count). The molecule has 0 nitrogen and oxygen atoms in total. The van der Waals surface area contributed by atoms with Crippen LogP contribution in [0.2, 0.25) is 0 Å². The molecule has 2 aliphatic carbocycles. The molecule has 2 heterocycles. The first-order valence-electron chi connectivity index (χ1n) is 7.35. The van der Waals surface area contributed by atoms with Gasteiger partial charge in [0.25, 0.3) is 0 Å². The molecule has 0 fully saturated rings. The fourth-order valence-corrected chi connectivity index (χ4v) is 5.62. The molecule has 2 aliphatic rings. The summed E-state index contributed by atoms with van der Waals surface area (Å²) in [6.45, 7) is 0. The largest absolute Gasteiger partial charge is 0.143 e. The first-order valence-corrected chi connectivity index (χ1v) is 9.11. The predicted octanol–water partition coefficient (Wildman–Crippen LogP) is 4.51. The number of allylic oxidation sites excluding steroid dienone is 1. The molecule has 4 aromatic rings. The Labute approximate surface area is 135 Å². The van der Waals surface area contributed by atoms with Crippen molar-refractivity contribution in [3.63, 3.8) is 0 Å². The van der Waals surface area contributed by atoms with E-state index in [0.717, 1.165) is 0 Å². The summed E-state index contributed by atoms with van der Waals surface area (Å²) in [5.41, 5.74) is 5.61. The molecule has 22 heavy (non-hydrogen) atoms. The van der Waals surface area contributed by atoms with E-state index in [9.17, 15) is 0 Å². The van der Waals surface area contributed by atoms with Crippen LogP contribution in [0.25, 0.3) is 37.9 Å². The molecule has 0 saturated carbocycles. The van der Waals surface area contributed by atoms with Crippen molar-refractivity contribution in [2.45, 2.75) is 0 Å². The van der Waals surface area contributed by atoms with E-state index in [4.69, 9.17) is 0 Å². The molecule has 0 radical (unpaired) electrons. The first-order chi connectivity index (χ1) is 10.9. The van der Waals surface area contributed by atoms with Crippen molar-refractivity contribution >= 4 is 60.6 Å². The highest BCUT2D eigenvalue weighted by Gasteiger charge is 2.24. The van der Waals surface area contributed by atoms with Crippen molar-refractivity contribution in [3.8, 4) is 0 Å². The topological polar surface area (TPSA) is 0 Å². The molecule has 2 aromatic heterocycles. The van der Waals surface area contributed by atoms with Gasteiger partial charge < -0.3 is 0 Å². The lowest BCUT2D eigenvalue weighted by atomic mass is 10.0. The smallest absolute Gasteiger partial charge is 0.0421 e. The lowest BCUT2D eigenvalue weighted by Crippen LogP contribution is -2.22. The molecule has 2 aromatic carbocycles. The second kappa shape index (κ2) is 3.78. The Kier molecular flexibility index (Phi) is 1.96. The van der Waals surface area contributed by atoms with Gasteiger partial charge in [0.05, 0.1) is 0 Å². The maximum Gasteiger partial charge on any atom is 0.0421 e. The fourth-order valence-electron chi connectivity index (χ4n) is 3.78. The Morgan fingerprint density at radius 2 is 1.45 bits per heavy atom. The van der Waals surface area contributed by atoms with Gasteiger partial charge in [-0.3, -0.25) is 0 Å². The number of benzene rings is 2. The van der Waals surface area contributed by atoms with Gasteiger partial charge in [0.2, 0.25) is 0 Å². The van der Waals surface area contributed by atoms with Gasteiger partial charge in [0.1, 0.15) is 0 Å². The summed E-state index contributed by atoms with van der Waals surface area (Å²) in [5, 5.41) is 9.90. The van der Waals surface area contributed by atoms with E-state index in [1.54, 1.807) is 0 Å². The number of fused-ring (bicyclic) bond motifs is 8. The van der Waals surface area contributed by atoms with Crippen molar-refractivity contribution in [3.05, 3.63) is 74.3 Å². The maximum atomic E-state index is 2.38. The van der Waals surface area contributed by atoms with Crippen LogP contribution in [0, 0.1) is 0 Å². The van der Waals surface area contributed by atoms with Gasteiger partial charge in [-0.2, -0.15) is 0 Å². The van der Waals surface area contributed by atoms with Crippen LogP contribution in [0.5, 0.6) is 0 Å². The molecule has 0 N–H and O–H groups in total. The summed E-state index contributed by atoms with van der Waals surface area (Å²) in [4.78, 5) is 0. The van der Waals surface area contributed by atoms with Crippen LogP contribution in [0.4, 0.5) is 0 Å². The Hall–Kier alpha value is -2.16. The number of rotatable bonds is 0. The molecule has 0 bridgehead atoms. The fraction of sp³-hybridized carbons (Fsp3) is 0. The Morgan fingerprint density at radius 3 is 2.36 bits per heavy atom. The summed E-state index contributed by atoms with van der Waals surface area (Å²) in [6, 6.07) is 13.5. The van der Waals surface area contributed by atoms with Crippen LogP contribution >= 0.6 is 22.7 Å². The van der Waals surface area contributed by atoms with Crippen molar-refractivity contribution < 1.29 is 0 Å².